The smallest absolute Gasteiger partial charge is 0.193 e. The van der Waals surface area contributed by atoms with E-state index in [4.69, 9.17) is 9.73 Å². The van der Waals surface area contributed by atoms with Crippen LogP contribution in [0.4, 0.5) is 0 Å². The number of nitrogens with one attached hydrogen (secondary N) is 1. The number of aliphatic imine (C=N–C) groups is 1. The molecule has 1 saturated heterocycles. The zero-order valence-corrected chi connectivity index (χ0v) is 14.5. The normalized spacial score (nSPS) is 33.0. The predicted octanol–water partition coefficient (Wildman–Crippen LogP) is 1.86. The Morgan fingerprint density at radius 3 is 2.86 bits per heavy atom. The molecule has 0 bridgehead atoms. The predicted molar refractivity (Wildman–Crippen MR) is 90.1 cm³/mol. The molecule has 128 valence electrons. The third-order valence-electron chi connectivity index (χ3n) is 5.12. The Hall–Kier alpha value is -0.810. The van der Waals surface area contributed by atoms with Crippen molar-refractivity contribution in [2.45, 2.75) is 52.1 Å². The number of aliphatic hydroxyl groups excluding tert-OH is 1. The fraction of sp³-hybridized carbons (Fsp3) is 0.941. The SMILES string of the molecule is CCNC(=NCC1(C)CCCCC1O)N(C)CC1CCOC1. The summed E-state index contributed by atoms with van der Waals surface area (Å²) in [5.74, 6) is 1.55. The standard InChI is InChI=1S/C17H33N3O2/c1-4-18-16(20(3)11-14-8-10-22-12-14)19-13-17(2)9-6-5-7-15(17)21/h14-15,21H,4-13H2,1-3H3,(H,18,19). The van der Waals surface area contributed by atoms with Gasteiger partial charge in [0.25, 0.3) is 0 Å². The van der Waals surface area contributed by atoms with Crippen LogP contribution in [-0.4, -0.2) is 62.0 Å². The van der Waals surface area contributed by atoms with Crippen molar-refractivity contribution in [3.63, 3.8) is 0 Å². The highest BCUT2D eigenvalue weighted by Crippen LogP contribution is 2.36. The van der Waals surface area contributed by atoms with E-state index in [9.17, 15) is 5.11 Å². The molecule has 0 radical (unpaired) electrons. The fourth-order valence-electron chi connectivity index (χ4n) is 3.49. The number of ether oxygens (including phenoxy) is 1. The molecule has 1 aliphatic heterocycles. The van der Waals surface area contributed by atoms with Crippen molar-refractivity contribution in [3.8, 4) is 0 Å². The van der Waals surface area contributed by atoms with Gasteiger partial charge in [-0.15, -0.1) is 0 Å². The summed E-state index contributed by atoms with van der Waals surface area (Å²) in [6.45, 7) is 8.56. The summed E-state index contributed by atoms with van der Waals surface area (Å²) in [5, 5.41) is 13.7. The van der Waals surface area contributed by atoms with Crippen LogP contribution >= 0.6 is 0 Å². The molecular weight excluding hydrogens is 278 g/mol. The van der Waals surface area contributed by atoms with Gasteiger partial charge in [0.2, 0.25) is 0 Å². The second-order valence-electron chi connectivity index (χ2n) is 7.20. The van der Waals surface area contributed by atoms with Gasteiger partial charge < -0.3 is 20.1 Å². The Labute approximate surface area is 135 Å². The number of aliphatic hydroxyl groups is 1. The first-order chi connectivity index (χ1) is 10.5. The van der Waals surface area contributed by atoms with Gasteiger partial charge in [0.1, 0.15) is 0 Å². The Morgan fingerprint density at radius 2 is 2.23 bits per heavy atom. The lowest BCUT2D eigenvalue weighted by atomic mass is 9.73. The van der Waals surface area contributed by atoms with E-state index in [0.29, 0.717) is 12.5 Å². The first-order valence-electron chi connectivity index (χ1n) is 8.80. The van der Waals surface area contributed by atoms with Gasteiger partial charge in [0, 0.05) is 38.1 Å². The van der Waals surface area contributed by atoms with Crippen LogP contribution in [0.15, 0.2) is 4.99 Å². The fourth-order valence-corrected chi connectivity index (χ4v) is 3.49. The molecule has 3 atom stereocenters. The summed E-state index contributed by atoms with van der Waals surface area (Å²) >= 11 is 0. The summed E-state index contributed by atoms with van der Waals surface area (Å²) < 4.78 is 5.46. The molecule has 0 spiro atoms. The van der Waals surface area contributed by atoms with Gasteiger partial charge in [0.05, 0.1) is 19.3 Å². The number of nitrogens with zero attached hydrogens (tertiary/aromatic N) is 2. The van der Waals surface area contributed by atoms with E-state index in [2.05, 4.69) is 31.1 Å². The summed E-state index contributed by atoms with van der Waals surface area (Å²) in [6.07, 6.45) is 5.24. The van der Waals surface area contributed by atoms with Crippen LogP contribution in [-0.2, 0) is 4.74 Å². The van der Waals surface area contributed by atoms with Crippen molar-refractivity contribution >= 4 is 5.96 Å². The second kappa shape index (κ2) is 8.16. The van der Waals surface area contributed by atoms with Crippen molar-refractivity contribution in [2.75, 3.05) is 39.9 Å². The zero-order chi connectivity index (χ0) is 16.0. The van der Waals surface area contributed by atoms with Gasteiger partial charge in [-0.2, -0.15) is 0 Å². The molecule has 1 aliphatic carbocycles. The van der Waals surface area contributed by atoms with Crippen molar-refractivity contribution in [1.29, 1.82) is 0 Å². The van der Waals surface area contributed by atoms with Crippen molar-refractivity contribution in [3.05, 3.63) is 0 Å². The molecule has 2 rings (SSSR count). The number of guanidine groups is 1. The average molecular weight is 311 g/mol. The molecule has 0 aromatic heterocycles. The van der Waals surface area contributed by atoms with Crippen LogP contribution in [0.2, 0.25) is 0 Å². The van der Waals surface area contributed by atoms with Crippen LogP contribution in [0.3, 0.4) is 0 Å². The summed E-state index contributed by atoms with van der Waals surface area (Å²) in [6, 6.07) is 0. The molecule has 3 unspecified atom stereocenters. The first kappa shape index (κ1) is 17.5. The molecule has 2 fully saturated rings. The maximum absolute atomic E-state index is 10.3. The molecule has 1 saturated carbocycles. The summed E-state index contributed by atoms with van der Waals surface area (Å²) in [7, 11) is 2.10. The van der Waals surface area contributed by atoms with Crippen LogP contribution in [0.5, 0.6) is 0 Å². The Morgan fingerprint density at radius 1 is 1.41 bits per heavy atom. The highest BCUT2D eigenvalue weighted by molar-refractivity contribution is 5.79. The van der Waals surface area contributed by atoms with Crippen LogP contribution in [0.25, 0.3) is 0 Å². The number of rotatable bonds is 5. The van der Waals surface area contributed by atoms with E-state index in [1.807, 2.05) is 0 Å². The lowest BCUT2D eigenvalue weighted by Gasteiger charge is -2.37. The van der Waals surface area contributed by atoms with Gasteiger partial charge in [-0.3, -0.25) is 4.99 Å². The van der Waals surface area contributed by atoms with E-state index in [1.165, 1.54) is 6.42 Å². The van der Waals surface area contributed by atoms with Gasteiger partial charge in [-0.25, -0.2) is 0 Å². The molecule has 5 heteroatoms. The minimum Gasteiger partial charge on any atom is -0.392 e. The van der Waals surface area contributed by atoms with Crippen molar-refractivity contribution in [1.82, 2.24) is 10.2 Å². The van der Waals surface area contributed by atoms with Gasteiger partial charge in [-0.1, -0.05) is 19.8 Å². The lowest BCUT2D eigenvalue weighted by molar-refractivity contribution is 0.00704. The quantitative estimate of drug-likeness (QED) is 0.601. The van der Waals surface area contributed by atoms with Crippen molar-refractivity contribution < 1.29 is 9.84 Å². The van der Waals surface area contributed by atoms with Gasteiger partial charge >= 0.3 is 0 Å². The van der Waals surface area contributed by atoms with E-state index in [0.717, 1.165) is 57.9 Å². The molecule has 1 heterocycles. The van der Waals surface area contributed by atoms with Gasteiger partial charge in [-0.05, 0) is 26.2 Å². The van der Waals surface area contributed by atoms with Gasteiger partial charge in [0.15, 0.2) is 5.96 Å². The molecule has 0 aromatic carbocycles. The van der Waals surface area contributed by atoms with E-state index >= 15 is 0 Å². The molecule has 2 aliphatic rings. The monoisotopic (exact) mass is 311 g/mol. The lowest BCUT2D eigenvalue weighted by Crippen LogP contribution is -2.43. The molecule has 0 amide bonds. The Balaban J connectivity index is 1.95. The topological polar surface area (TPSA) is 57.1 Å². The first-order valence-corrected chi connectivity index (χ1v) is 8.80. The second-order valence-corrected chi connectivity index (χ2v) is 7.20. The summed E-state index contributed by atoms with van der Waals surface area (Å²) in [5.41, 5.74) is -0.0732. The van der Waals surface area contributed by atoms with E-state index < -0.39 is 0 Å². The zero-order valence-electron chi connectivity index (χ0n) is 14.5. The average Bonchev–Trinajstić information content (AvgIpc) is 2.99. The third kappa shape index (κ3) is 4.59. The Bertz CT molecular complexity index is 369. The molecule has 5 nitrogen and oxygen atoms in total. The van der Waals surface area contributed by atoms with Crippen LogP contribution in [0.1, 0.15) is 46.0 Å². The summed E-state index contributed by atoms with van der Waals surface area (Å²) in [4.78, 5) is 7.04. The minimum atomic E-state index is -0.221. The molecular formula is C17H33N3O2. The molecule has 22 heavy (non-hydrogen) atoms. The number of hydrogen-bond donors (Lipinski definition) is 2. The molecule has 0 aromatic rings. The Kier molecular flexibility index (Phi) is 6.50. The maximum Gasteiger partial charge on any atom is 0.193 e. The third-order valence-corrected chi connectivity index (χ3v) is 5.12. The van der Waals surface area contributed by atoms with E-state index in [1.54, 1.807) is 0 Å². The van der Waals surface area contributed by atoms with Crippen molar-refractivity contribution in [2.24, 2.45) is 16.3 Å². The van der Waals surface area contributed by atoms with E-state index in [-0.39, 0.29) is 11.5 Å². The largest absolute Gasteiger partial charge is 0.392 e. The highest BCUT2D eigenvalue weighted by atomic mass is 16.5. The highest BCUT2D eigenvalue weighted by Gasteiger charge is 2.35. The minimum absolute atomic E-state index is 0.0732. The molecule has 2 N–H and O–H groups in total. The van der Waals surface area contributed by atoms with Crippen LogP contribution < -0.4 is 5.32 Å². The maximum atomic E-state index is 10.3. The number of hydrogen-bond acceptors (Lipinski definition) is 3. The van der Waals surface area contributed by atoms with Crippen LogP contribution in [0, 0.1) is 11.3 Å².